The number of aromatic amines is 1. The van der Waals surface area contributed by atoms with Gasteiger partial charge in [0, 0.05) is 29.1 Å². The summed E-state index contributed by atoms with van der Waals surface area (Å²) in [6.45, 7) is 2.19. The number of H-pyrrole nitrogens is 1. The molecule has 0 saturated carbocycles. The van der Waals surface area contributed by atoms with Gasteiger partial charge in [0.05, 0.1) is 7.11 Å². The van der Waals surface area contributed by atoms with Gasteiger partial charge >= 0.3 is 5.97 Å². The zero-order valence-electron chi connectivity index (χ0n) is 12.6. The third-order valence-corrected chi connectivity index (χ3v) is 4.34. The lowest BCUT2D eigenvalue weighted by Gasteiger charge is -2.30. The molecule has 0 fully saturated rings. The fourth-order valence-corrected chi connectivity index (χ4v) is 3.26. The van der Waals surface area contributed by atoms with Crippen molar-refractivity contribution in [3.63, 3.8) is 0 Å². The maximum atomic E-state index is 12.0. The molecule has 0 radical (unpaired) electrons. The van der Waals surface area contributed by atoms with E-state index in [0.29, 0.717) is 6.42 Å². The van der Waals surface area contributed by atoms with E-state index in [1.54, 1.807) is 0 Å². The molecular formula is C17H22N2O2. The highest BCUT2D eigenvalue weighted by Gasteiger charge is 2.33. The Kier molecular flexibility index (Phi) is 3.97. The average Bonchev–Trinajstić information content (AvgIpc) is 2.90. The number of benzene rings is 1. The van der Waals surface area contributed by atoms with Crippen molar-refractivity contribution in [3.05, 3.63) is 35.5 Å². The van der Waals surface area contributed by atoms with Crippen LogP contribution in [-0.2, 0) is 16.0 Å². The van der Waals surface area contributed by atoms with Crippen molar-refractivity contribution in [3.8, 4) is 0 Å². The fraction of sp³-hybridized carbons (Fsp3) is 0.471. The zero-order valence-corrected chi connectivity index (χ0v) is 12.6. The summed E-state index contributed by atoms with van der Waals surface area (Å²) in [7, 11) is 1.45. The number of fused-ring (bicyclic) bond motifs is 3. The van der Waals surface area contributed by atoms with E-state index in [1.807, 2.05) is 12.1 Å². The zero-order chi connectivity index (χ0) is 14.8. The maximum Gasteiger partial charge on any atom is 0.323 e. The number of ether oxygens (including phenoxy) is 1. The van der Waals surface area contributed by atoms with Gasteiger partial charge < -0.3 is 9.72 Å². The van der Waals surface area contributed by atoms with E-state index in [9.17, 15) is 4.79 Å². The van der Waals surface area contributed by atoms with E-state index in [4.69, 9.17) is 4.74 Å². The van der Waals surface area contributed by atoms with Crippen LogP contribution in [0.15, 0.2) is 24.3 Å². The first-order chi connectivity index (χ1) is 10.2. The number of hydrogen-bond acceptors (Lipinski definition) is 3. The molecular weight excluding hydrogens is 264 g/mol. The number of carbonyl (C=O) groups excluding carboxylic acids is 1. The standard InChI is InChI=1S/C17H22N2O2/c1-3-4-8-14-16-12(10-15(18-14)17(20)21-2)11-7-5-6-9-13(11)19-16/h5-7,9,14-15,18-19H,3-4,8,10H2,1-2H3/t14-,15-/m0/s1. The number of para-hydroxylation sites is 1. The minimum absolute atomic E-state index is 0.174. The number of carbonyl (C=O) groups is 1. The largest absolute Gasteiger partial charge is 0.468 e. The minimum Gasteiger partial charge on any atom is -0.468 e. The monoisotopic (exact) mass is 286 g/mol. The third kappa shape index (κ3) is 2.56. The highest BCUT2D eigenvalue weighted by Crippen LogP contribution is 2.34. The second-order valence-electron chi connectivity index (χ2n) is 5.70. The highest BCUT2D eigenvalue weighted by atomic mass is 16.5. The van der Waals surface area contributed by atoms with Crippen molar-refractivity contribution in [2.75, 3.05) is 7.11 Å². The summed E-state index contributed by atoms with van der Waals surface area (Å²) in [5, 5.41) is 4.68. The number of nitrogens with one attached hydrogen (secondary N) is 2. The van der Waals surface area contributed by atoms with Gasteiger partial charge in [-0.05, 0) is 18.1 Å². The number of unbranched alkanes of at least 4 members (excludes halogenated alkanes) is 1. The Morgan fingerprint density at radius 3 is 2.95 bits per heavy atom. The molecule has 112 valence electrons. The lowest BCUT2D eigenvalue weighted by Crippen LogP contribution is -2.45. The molecule has 1 aliphatic heterocycles. The van der Waals surface area contributed by atoms with Crippen LogP contribution in [0.2, 0.25) is 0 Å². The van der Waals surface area contributed by atoms with Gasteiger partial charge in [0.15, 0.2) is 0 Å². The van der Waals surface area contributed by atoms with Crippen molar-refractivity contribution in [1.82, 2.24) is 10.3 Å². The lowest BCUT2D eigenvalue weighted by atomic mass is 9.91. The van der Waals surface area contributed by atoms with Gasteiger partial charge in [0.2, 0.25) is 0 Å². The summed E-state index contributed by atoms with van der Waals surface area (Å²) < 4.78 is 4.93. The molecule has 2 heterocycles. The summed E-state index contributed by atoms with van der Waals surface area (Å²) in [6.07, 6.45) is 4.01. The summed E-state index contributed by atoms with van der Waals surface area (Å²) in [6, 6.07) is 8.26. The number of hydrogen-bond donors (Lipinski definition) is 2. The number of aromatic nitrogens is 1. The molecule has 3 rings (SSSR count). The summed E-state index contributed by atoms with van der Waals surface area (Å²) in [4.78, 5) is 15.5. The van der Waals surface area contributed by atoms with Crippen LogP contribution >= 0.6 is 0 Å². The van der Waals surface area contributed by atoms with Crippen LogP contribution in [0.1, 0.15) is 43.5 Å². The topological polar surface area (TPSA) is 54.1 Å². The molecule has 1 aliphatic rings. The Morgan fingerprint density at radius 1 is 1.38 bits per heavy atom. The molecule has 2 atom stereocenters. The van der Waals surface area contributed by atoms with Gasteiger partial charge in [-0.1, -0.05) is 38.0 Å². The molecule has 21 heavy (non-hydrogen) atoms. The first kappa shape index (κ1) is 14.1. The molecule has 4 nitrogen and oxygen atoms in total. The van der Waals surface area contributed by atoms with E-state index >= 15 is 0 Å². The van der Waals surface area contributed by atoms with Crippen molar-refractivity contribution in [1.29, 1.82) is 0 Å². The first-order valence-electron chi connectivity index (χ1n) is 7.68. The molecule has 2 N–H and O–H groups in total. The molecule has 1 aromatic carbocycles. The molecule has 0 unspecified atom stereocenters. The minimum atomic E-state index is -0.247. The van der Waals surface area contributed by atoms with E-state index in [2.05, 4.69) is 29.4 Å². The van der Waals surface area contributed by atoms with Crippen LogP contribution in [0.3, 0.4) is 0 Å². The molecule has 2 aromatic rings. The molecule has 0 amide bonds. The van der Waals surface area contributed by atoms with Crippen molar-refractivity contribution >= 4 is 16.9 Å². The van der Waals surface area contributed by atoms with E-state index in [0.717, 1.165) is 24.8 Å². The second-order valence-corrected chi connectivity index (χ2v) is 5.70. The Labute approximate surface area is 124 Å². The van der Waals surface area contributed by atoms with Crippen molar-refractivity contribution in [2.24, 2.45) is 0 Å². The van der Waals surface area contributed by atoms with Crippen LogP contribution in [-0.4, -0.2) is 24.1 Å². The highest BCUT2D eigenvalue weighted by molar-refractivity contribution is 5.87. The molecule has 0 bridgehead atoms. The fourth-order valence-electron chi connectivity index (χ4n) is 3.26. The van der Waals surface area contributed by atoms with Gasteiger partial charge in [-0.25, -0.2) is 0 Å². The van der Waals surface area contributed by atoms with Crippen molar-refractivity contribution < 1.29 is 9.53 Å². The van der Waals surface area contributed by atoms with Gasteiger partial charge in [0.25, 0.3) is 0 Å². The maximum absolute atomic E-state index is 12.0. The summed E-state index contributed by atoms with van der Waals surface area (Å²) >= 11 is 0. The van der Waals surface area contributed by atoms with Crippen LogP contribution < -0.4 is 5.32 Å². The Bertz CT molecular complexity index is 647. The second kappa shape index (κ2) is 5.90. The lowest BCUT2D eigenvalue weighted by molar-refractivity contribution is -0.143. The molecule has 0 aliphatic carbocycles. The quantitative estimate of drug-likeness (QED) is 0.849. The predicted octanol–water partition coefficient (Wildman–Crippen LogP) is 3.09. The number of rotatable bonds is 4. The van der Waals surface area contributed by atoms with Gasteiger partial charge in [-0.2, -0.15) is 0 Å². The SMILES string of the molecule is CCCC[C@@H]1N[C@H](C(=O)OC)Cc2c1[nH]c1ccccc21. The number of methoxy groups -OCH3 is 1. The van der Waals surface area contributed by atoms with Crippen molar-refractivity contribution in [2.45, 2.75) is 44.7 Å². The van der Waals surface area contributed by atoms with Crippen LogP contribution in [0.5, 0.6) is 0 Å². The molecule has 0 spiro atoms. The summed E-state index contributed by atoms with van der Waals surface area (Å²) in [5.74, 6) is -0.174. The van der Waals surface area contributed by atoms with Gasteiger partial charge in [-0.3, -0.25) is 10.1 Å². The first-order valence-corrected chi connectivity index (χ1v) is 7.68. The smallest absolute Gasteiger partial charge is 0.323 e. The van der Waals surface area contributed by atoms with Crippen LogP contribution in [0.25, 0.3) is 10.9 Å². The summed E-state index contributed by atoms with van der Waals surface area (Å²) in [5.41, 5.74) is 3.65. The van der Waals surface area contributed by atoms with Gasteiger partial charge in [0.1, 0.15) is 6.04 Å². The third-order valence-electron chi connectivity index (χ3n) is 4.34. The van der Waals surface area contributed by atoms with Crippen LogP contribution in [0, 0.1) is 0 Å². The Hall–Kier alpha value is -1.81. The van der Waals surface area contributed by atoms with E-state index in [-0.39, 0.29) is 18.1 Å². The Balaban J connectivity index is 2.01. The van der Waals surface area contributed by atoms with E-state index in [1.165, 1.54) is 23.8 Å². The Morgan fingerprint density at radius 2 is 2.19 bits per heavy atom. The van der Waals surface area contributed by atoms with E-state index < -0.39 is 0 Å². The number of esters is 1. The molecule has 4 heteroatoms. The van der Waals surface area contributed by atoms with Gasteiger partial charge in [-0.15, -0.1) is 0 Å². The average molecular weight is 286 g/mol. The molecule has 1 aromatic heterocycles. The molecule has 0 saturated heterocycles. The normalized spacial score (nSPS) is 21.2. The predicted molar refractivity (Wildman–Crippen MR) is 83.2 cm³/mol. The van der Waals surface area contributed by atoms with Crippen LogP contribution in [0.4, 0.5) is 0 Å².